The number of hydrogen-bond acceptors (Lipinski definition) is 4. The topological polar surface area (TPSA) is 68.0 Å². The smallest absolute Gasteiger partial charge is 0.157 e. The first-order valence-corrected chi connectivity index (χ1v) is 11.6. The maximum atomic E-state index is 13.2. The van der Waals surface area contributed by atoms with Gasteiger partial charge in [-0.15, -0.1) is 5.10 Å². The lowest BCUT2D eigenvalue weighted by atomic mass is 9.48. The van der Waals surface area contributed by atoms with Gasteiger partial charge in [-0.2, -0.15) is 0 Å². The van der Waals surface area contributed by atoms with E-state index in [1.165, 1.54) is 19.3 Å². The van der Waals surface area contributed by atoms with E-state index in [1.54, 1.807) is 22.6 Å². The van der Waals surface area contributed by atoms with Crippen molar-refractivity contribution < 1.29 is 9.90 Å². The summed E-state index contributed by atoms with van der Waals surface area (Å²) in [5, 5.41) is 18.6. The normalized spacial score (nSPS) is 50.0. The van der Waals surface area contributed by atoms with Gasteiger partial charge in [0.1, 0.15) is 6.54 Å². The number of aliphatic hydroxyl groups is 1. The third-order valence-corrected chi connectivity index (χ3v) is 10.2. The highest BCUT2D eigenvalue weighted by molar-refractivity contribution is 5.82. The highest BCUT2D eigenvalue weighted by Gasteiger charge is 2.67. The Labute approximate surface area is 172 Å². The van der Waals surface area contributed by atoms with Gasteiger partial charge in [0.2, 0.25) is 0 Å². The zero-order chi connectivity index (χ0) is 20.0. The molecule has 0 amide bonds. The van der Waals surface area contributed by atoms with Crippen molar-refractivity contribution in [1.29, 1.82) is 0 Å². The summed E-state index contributed by atoms with van der Waals surface area (Å²) >= 11 is 0. The van der Waals surface area contributed by atoms with Gasteiger partial charge in [0.15, 0.2) is 5.78 Å². The van der Waals surface area contributed by atoms with E-state index in [9.17, 15) is 9.90 Å². The van der Waals surface area contributed by atoms with Gasteiger partial charge in [-0.3, -0.25) is 4.79 Å². The molecule has 0 spiro atoms. The summed E-state index contributed by atoms with van der Waals surface area (Å²) in [4.78, 5) is 13.2. The molecule has 1 unspecified atom stereocenters. The molecule has 1 aromatic rings. The molecule has 1 heterocycles. The molecule has 156 valence electrons. The third-order valence-electron chi connectivity index (χ3n) is 10.2. The van der Waals surface area contributed by atoms with Crippen molar-refractivity contribution in [1.82, 2.24) is 15.0 Å². The predicted octanol–water partition coefficient (Wildman–Crippen LogP) is 3.79. The molecule has 0 aromatic carbocycles. The van der Waals surface area contributed by atoms with Crippen molar-refractivity contribution in [2.75, 3.05) is 0 Å². The van der Waals surface area contributed by atoms with Crippen LogP contribution in [0.5, 0.6) is 0 Å². The summed E-state index contributed by atoms with van der Waals surface area (Å²) in [6.45, 7) is 5.24. The van der Waals surface area contributed by atoms with Crippen molar-refractivity contribution in [2.45, 2.75) is 77.4 Å². The van der Waals surface area contributed by atoms with Crippen LogP contribution in [0.2, 0.25) is 0 Å². The second-order valence-corrected chi connectivity index (χ2v) is 11.3. The monoisotopic (exact) mass is 395 g/mol. The first kappa shape index (κ1) is 18.3. The average Bonchev–Trinajstić information content (AvgIpc) is 3.02. The minimum atomic E-state index is -0.326. The van der Waals surface area contributed by atoms with Crippen molar-refractivity contribution in [3.63, 3.8) is 0 Å². The van der Waals surface area contributed by atoms with Gasteiger partial charge < -0.3 is 5.11 Å². The molecule has 6 rings (SSSR count). The highest BCUT2D eigenvalue weighted by atomic mass is 16.3. The van der Waals surface area contributed by atoms with E-state index in [2.05, 4.69) is 30.2 Å². The van der Waals surface area contributed by atoms with Crippen LogP contribution in [-0.4, -0.2) is 31.5 Å². The summed E-state index contributed by atoms with van der Waals surface area (Å²) in [6.07, 6.45) is 14.9. The summed E-state index contributed by atoms with van der Waals surface area (Å²) < 4.78 is 1.67. The fourth-order valence-corrected chi connectivity index (χ4v) is 8.51. The van der Waals surface area contributed by atoms with E-state index in [4.69, 9.17) is 0 Å². The van der Waals surface area contributed by atoms with Crippen molar-refractivity contribution in [2.24, 2.45) is 40.4 Å². The lowest BCUT2D eigenvalue weighted by Crippen LogP contribution is -2.49. The van der Waals surface area contributed by atoms with Crippen LogP contribution in [0.15, 0.2) is 24.0 Å². The maximum absolute atomic E-state index is 13.2. The minimum Gasteiger partial charge on any atom is -0.390 e. The molecule has 0 radical (unpaired) electrons. The number of rotatable bonds is 3. The van der Waals surface area contributed by atoms with Crippen LogP contribution < -0.4 is 0 Å². The van der Waals surface area contributed by atoms with Crippen LogP contribution in [0.1, 0.15) is 65.2 Å². The molecule has 1 aromatic heterocycles. The van der Waals surface area contributed by atoms with Crippen LogP contribution >= 0.6 is 0 Å². The Bertz CT molecular complexity index is 879. The molecule has 5 nitrogen and oxygen atoms in total. The Morgan fingerprint density at radius 1 is 1.17 bits per heavy atom. The number of carbonyl (C=O) groups excluding carboxylic acids is 1. The van der Waals surface area contributed by atoms with Crippen molar-refractivity contribution in [3.05, 3.63) is 24.0 Å². The number of ketones is 1. The number of Topliss-reactive ketones (excluding diaryl/α,β-unsaturated/α-hetero) is 1. The van der Waals surface area contributed by atoms with Gasteiger partial charge in [0.05, 0.1) is 11.8 Å². The SMILES string of the molecule is C[C@]12CC=C3[C@@H](CC[C@@H]4C5C[C@@]5(O)CC[C@]34C)[C@@H]1CC[C@@H]2C(=O)Cn1ccnn1. The molecule has 29 heavy (non-hydrogen) atoms. The Kier molecular flexibility index (Phi) is 3.66. The standard InChI is InChI=1S/C24H33N3O2/c1-22-8-7-17-15(3-4-18-20-13-24(20,29)10-9-23(17,18)2)16(22)5-6-19(22)21(28)14-27-12-11-25-26-27/h7,11-12,15-16,18-20,29H,3-6,8-10,13-14H2,1-2H3/t15-,16-,18+,19+,20?,22-,23+,24-/m0/s1. The Morgan fingerprint density at radius 2 is 2.00 bits per heavy atom. The molecule has 8 atom stereocenters. The number of fused-ring (bicyclic) bond motifs is 7. The second-order valence-electron chi connectivity index (χ2n) is 11.3. The molecule has 5 aliphatic carbocycles. The molecule has 5 aliphatic rings. The van der Waals surface area contributed by atoms with E-state index in [1.807, 2.05) is 0 Å². The number of carbonyl (C=O) groups is 1. The van der Waals surface area contributed by atoms with Crippen LogP contribution in [0.4, 0.5) is 0 Å². The number of nitrogens with zero attached hydrogens (tertiary/aromatic N) is 3. The van der Waals surface area contributed by atoms with Gasteiger partial charge in [0.25, 0.3) is 0 Å². The molecule has 0 saturated heterocycles. The van der Waals surface area contributed by atoms with E-state index >= 15 is 0 Å². The molecule has 5 heteroatoms. The number of hydrogen-bond donors (Lipinski definition) is 1. The van der Waals surface area contributed by atoms with E-state index in [-0.39, 0.29) is 22.3 Å². The second kappa shape index (κ2) is 5.81. The average molecular weight is 396 g/mol. The van der Waals surface area contributed by atoms with Crippen LogP contribution in [0.3, 0.4) is 0 Å². The molecule has 4 saturated carbocycles. The lowest BCUT2D eigenvalue weighted by Gasteiger charge is -2.56. The van der Waals surface area contributed by atoms with Crippen molar-refractivity contribution in [3.8, 4) is 0 Å². The largest absolute Gasteiger partial charge is 0.390 e. The zero-order valence-electron chi connectivity index (χ0n) is 17.7. The zero-order valence-corrected chi connectivity index (χ0v) is 17.7. The number of aromatic nitrogens is 3. The summed E-state index contributed by atoms with van der Waals surface area (Å²) in [6, 6.07) is 0. The van der Waals surface area contributed by atoms with E-state index in [0.29, 0.717) is 36.0 Å². The van der Waals surface area contributed by atoms with Crippen molar-refractivity contribution >= 4 is 5.78 Å². The Balaban J connectivity index is 1.28. The third kappa shape index (κ3) is 2.40. The quantitative estimate of drug-likeness (QED) is 0.791. The summed E-state index contributed by atoms with van der Waals surface area (Å²) in [7, 11) is 0. The van der Waals surface area contributed by atoms with E-state index in [0.717, 1.165) is 32.1 Å². The summed E-state index contributed by atoms with van der Waals surface area (Å²) in [5.41, 5.74) is 1.74. The van der Waals surface area contributed by atoms with Gasteiger partial charge >= 0.3 is 0 Å². The molecule has 1 N–H and O–H groups in total. The molecular formula is C24H33N3O2. The molecule has 4 fully saturated rings. The summed E-state index contributed by atoms with van der Waals surface area (Å²) in [5.74, 6) is 2.95. The van der Waals surface area contributed by atoms with Gasteiger partial charge in [-0.25, -0.2) is 4.68 Å². The Morgan fingerprint density at radius 3 is 2.79 bits per heavy atom. The fraction of sp³-hybridized carbons (Fsp3) is 0.792. The van der Waals surface area contributed by atoms with Gasteiger partial charge in [-0.1, -0.05) is 30.7 Å². The first-order chi connectivity index (χ1) is 13.9. The first-order valence-electron chi connectivity index (χ1n) is 11.6. The molecule has 0 bridgehead atoms. The van der Waals surface area contributed by atoms with Gasteiger partial charge in [0, 0.05) is 12.1 Å². The predicted molar refractivity (Wildman–Crippen MR) is 109 cm³/mol. The highest BCUT2D eigenvalue weighted by Crippen LogP contribution is 2.71. The molecular weight excluding hydrogens is 362 g/mol. The maximum Gasteiger partial charge on any atom is 0.157 e. The van der Waals surface area contributed by atoms with Gasteiger partial charge in [-0.05, 0) is 85.9 Å². The minimum absolute atomic E-state index is 0.0873. The lowest BCUT2D eigenvalue weighted by molar-refractivity contribution is -0.128. The molecule has 0 aliphatic heterocycles. The fourth-order valence-electron chi connectivity index (χ4n) is 8.51. The number of allylic oxidation sites excluding steroid dienone is 2. The Hall–Kier alpha value is -1.49. The van der Waals surface area contributed by atoms with Crippen LogP contribution in [-0.2, 0) is 11.3 Å². The van der Waals surface area contributed by atoms with E-state index < -0.39 is 0 Å². The van der Waals surface area contributed by atoms with Crippen LogP contribution in [0.25, 0.3) is 0 Å². The van der Waals surface area contributed by atoms with Crippen LogP contribution in [0, 0.1) is 40.4 Å².